The molecule has 5 atom stereocenters. The number of aromatic nitrogens is 4. The van der Waals surface area contributed by atoms with Crippen molar-refractivity contribution in [1.29, 1.82) is 0 Å². The van der Waals surface area contributed by atoms with Gasteiger partial charge in [0.2, 0.25) is 11.1 Å². The second kappa shape index (κ2) is 14.1. The summed E-state index contributed by atoms with van der Waals surface area (Å²) in [7, 11) is -4.12. The van der Waals surface area contributed by atoms with Gasteiger partial charge in [-0.05, 0) is 47.1 Å². The summed E-state index contributed by atoms with van der Waals surface area (Å²) < 4.78 is 37.8. The predicted molar refractivity (Wildman–Crippen MR) is 173 cm³/mol. The number of carbonyl (C=O) groups excluding carboxylic acids is 2. The number of carbonyl (C=O) groups is 2. The molecule has 1 aromatic carbocycles. The number of nitrogens with one attached hydrogen (secondary N) is 2. The number of ether oxygens (including phenoxy) is 2. The van der Waals surface area contributed by atoms with Crippen molar-refractivity contribution >= 4 is 47.7 Å². The smallest absolute Gasteiger partial charge is 0.405 e. The monoisotopic (exact) mass is 696 g/mol. The van der Waals surface area contributed by atoms with E-state index in [4.69, 9.17) is 24.3 Å². The summed E-state index contributed by atoms with van der Waals surface area (Å²) in [5, 5.41) is 24.6. The number of imidazole rings is 1. The number of aliphatic hydroxyl groups excluding tert-OH is 1. The van der Waals surface area contributed by atoms with Crippen LogP contribution in [-0.4, -0.2) is 83.2 Å². The van der Waals surface area contributed by atoms with Gasteiger partial charge in [0.05, 0.1) is 19.5 Å². The van der Waals surface area contributed by atoms with Gasteiger partial charge < -0.3 is 25.4 Å². The average molecular weight is 697 g/mol. The molecule has 0 bridgehead atoms. The summed E-state index contributed by atoms with van der Waals surface area (Å²) in [5.74, 6) is -0.813. The van der Waals surface area contributed by atoms with Crippen LogP contribution in [0.4, 0.5) is 5.95 Å². The molecule has 6 N–H and O–H groups in total. The number of fused-ring (bicyclic) bond motifs is 1. The van der Waals surface area contributed by atoms with Crippen molar-refractivity contribution in [3.8, 4) is 0 Å². The Morgan fingerprint density at radius 3 is 2.55 bits per heavy atom. The number of hydrogen-bond donors (Lipinski definition) is 5. The number of H-pyrrole nitrogens is 1. The first-order valence-corrected chi connectivity index (χ1v) is 17.2. The highest BCUT2D eigenvalue weighted by Crippen LogP contribution is 2.47. The van der Waals surface area contributed by atoms with E-state index >= 15 is 0 Å². The van der Waals surface area contributed by atoms with E-state index in [1.54, 1.807) is 45.0 Å². The fourth-order valence-electron chi connectivity index (χ4n) is 4.54. The zero-order valence-corrected chi connectivity index (χ0v) is 28.7. The van der Waals surface area contributed by atoms with Crippen LogP contribution in [0.1, 0.15) is 53.3 Å². The Kier molecular flexibility index (Phi) is 11.0. The summed E-state index contributed by atoms with van der Waals surface area (Å²) >= 11 is 0.823. The van der Waals surface area contributed by atoms with Crippen LogP contribution in [-0.2, 0) is 39.2 Å². The first-order chi connectivity index (χ1) is 21.8. The van der Waals surface area contributed by atoms with Crippen molar-refractivity contribution in [2.75, 3.05) is 24.7 Å². The number of aliphatic hydroxyl groups is 2. The van der Waals surface area contributed by atoms with E-state index in [1.165, 1.54) is 31.7 Å². The van der Waals surface area contributed by atoms with Crippen LogP contribution >= 0.6 is 19.5 Å². The highest BCUT2D eigenvalue weighted by atomic mass is 32.2. The molecule has 0 saturated carbocycles. The molecular formula is C29H41N6O10PS. The lowest BCUT2D eigenvalue weighted by Crippen LogP contribution is -2.44. The Labute approximate surface area is 275 Å². The Balaban J connectivity index is 1.44. The van der Waals surface area contributed by atoms with Gasteiger partial charge in [0.1, 0.15) is 28.8 Å². The fraction of sp³-hybridized carbons (Fsp3) is 0.552. The molecule has 18 heteroatoms. The maximum absolute atomic E-state index is 13.9. The van der Waals surface area contributed by atoms with Gasteiger partial charge in [-0.2, -0.15) is 4.98 Å². The van der Waals surface area contributed by atoms with Gasteiger partial charge in [-0.15, -0.1) is 0 Å². The van der Waals surface area contributed by atoms with Gasteiger partial charge in [-0.3, -0.25) is 33.0 Å². The van der Waals surface area contributed by atoms with Gasteiger partial charge in [0, 0.05) is 12.3 Å². The Morgan fingerprint density at radius 1 is 1.21 bits per heavy atom. The van der Waals surface area contributed by atoms with Crippen molar-refractivity contribution < 1.29 is 42.9 Å². The summed E-state index contributed by atoms with van der Waals surface area (Å²) in [6, 6.07) is 9.04. The molecule has 1 fully saturated rings. The fourth-order valence-corrected chi connectivity index (χ4v) is 6.77. The zero-order chi connectivity index (χ0) is 34.8. The number of benzene rings is 1. The van der Waals surface area contributed by atoms with Crippen LogP contribution in [0.3, 0.4) is 0 Å². The molecule has 2 aromatic heterocycles. The minimum Gasteiger partial charge on any atom is -0.459 e. The largest absolute Gasteiger partial charge is 0.459 e. The number of anilines is 1. The summed E-state index contributed by atoms with van der Waals surface area (Å²) in [5.41, 5.74) is 1.71. The van der Waals surface area contributed by atoms with Crippen molar-refractivity contribution in [2.24, 2.45) is 5.41 Å². The molecule has 3 heterocycles. The Hall–Kier alpha value is -3.15. The molecule has 3 aromatic rings. The highest BCUT2D eigenvalue weighted by molar-refractivity contribution is 8.13. The molecule has 0 radical (unpaired) electrons. The topological polar surface area (TPSA) is 230 Å². The SMILES string of the molecule is CC(C)(C)OC(=O)C(C)(C)C(=O)SCCOP(=O)(NCc1ccccc1)OC[C@H]1OC(n2cnc3c(=O)[nH]c(N)nc32)[C@](C)(O)[C@@H]1O. The van der Waals surface area contributed by atoms with Gasteiger partial charge in [-0.1, -0.05) is 42.1 Å². The summed E-state index contributed by atoms with van der Waals surface area (Å²) in [6.07, 6.45) is -2.82. The molecule has 0 amide bonds. The third kappa shape index (κ3) is 8.66. The molecule has 1 aliphatic heterocycles. The van der Waals surface area contributed by atoms with Crippen molar-refractivity contribution in [3.63, 3.8) is 0 Å². The van der Waals surface area contributed by atoms with Crippen LogP contribution < -0.4 is 16.4 Å². The minimum atomic E-state index is -4.12. The normalized spacial score (nSPS) is 23.1. The van der Waals surface area contributed by atoms with Gasteiger partial charge >= 0.3 is 13.7 Å². The molecule has 47 heavy (non-hydrogen) atoms. The number of hydrogen-bond acceptors (Lipinski definition) is 14. The standard InChI is InChI=1S/C29H41N6O10PS/c1-27(2,3)45-24(38)28(4,5)25(39)47-13-12-42-46(41,32-14-17-10-8-7-9-11-17)43-15-18-20(36)29(6,40)23(44-18)35-16-31-19-21(35)33-26(30)34-22(19)37/h7-11,16,18,20,23,36,40H,12-15H2,1-6H3,(H,32,41)(H3,30,33,34,37)/t18-,20-,23?,29-,46?/m1/s1. The maximum atomic E-state index is 13.9. The summed E-state index contributed by atoms with van der Waals surface area (Å²) in [6.45, 7) is 8.77. The minimum absolute atomic E-state index is 0.0192. The Bertz CT molecular complexity index is 1690. The van der Waals surface area contributed by atoms with E-state index in [2.05, 4.69) is 20.0 Å². The van der Waals surface area contributed by atoms with Gasteiger partial charge in [0.25, 0.3) is 5.56 Å². The quantitative estimate of drug-likeness (QED) is 0.0747. The summed E-state index contributed by atoms with van der Waals surface area (Å²) in [4.78, 5) is 48.1. The van der Waals surface area contributed by atoms with Gasteiger partial charge in [0.15, 0.2) is 17.4 Å². The molecule has 1 saturated heterocycles. The third-order valence-electron chi connectivity index (χ3n) is 7.18. The number of esters is 1. The third-order valence-corrected chi connectivity index (χ3v) is 9.88. The number of nitrogens with zero attached hydrogens (tertiary/aromatic N) is 3. The lowest BCUT2D eigenvalue weighted by Gasteiger charge is -2.27. The molecule has 0 aliphatic carbocycles. The molecule has 0 spiro atoms. The van der Waals surface area contributed by atoms with Crippen LogP contribution in [0.2, 0.25) is 0 Å². The molecule has 2 unspecified atom stereocenters. The second-order valence-electron chi connectivity index (χ2n) is 12.7. The van der Waals surface area contributed by atoms with E-state index in [1.807, 2.05) is 6.07 Å². The maximum Gasteiger partial charge on any atom is 0.405 e. The van der Waals surface area contributed by atoms with Crippen LogP contribution in [0, 0.1) is 5.41 Å². The average Bonchev–Trinajstić information content (AvgIpc) is 3.50. The number of nitrogens with two attached hydrogens (primary N) is 1. The van der Waals surface area contributed by atoms with E-state index in [9.17, 15) is 29.2 Å². The van der Waals surface area contributed by atoms with Crippen molar-refractivity contribution in [2.45, 2.75) is 77.7 Å². The highest BCUT2D eigenvalue weighted by Gasteiger charge is 2.54. The molecule has 258 valence electrons. The van der Waals surface area contributed by atoms with Crippen LogP contribution in [0.5, 0.6) is 0 Å². The zero-order valence-electron chi connectivity index (χ0n) is 27.0. The van der Waals surface area contributed by atoms with E-state index < -0.39 is 66.1 Å². The van der Waals surface area contributed by atoms with E-state index in [0.717, 1.165) is 17.3 Å². The number of rotatable bonds is 13. The predicted octanol–water partition coefficient (Wildman–Crippen LogP) is 2.27. The van der Waals surface area contributed by atoms with Crippen LogP contribution in [0.25, 0.3) is 11.2 Å². The number of thioether (sulfide) groups is 1. The number of nitrogen functional groups attached to an aromatic ring is 1. The molecule has 16 nitrogen and oxygen atoms in total. The van der Waals surface area contributed by atoms with E-state index in [-0.39, 0.29) is 36.0 Å². The first-order valence-electron chi connectivity index (χ1n) is 14.7. The molecule has 1 aliphatic rings. The lowest BCUT2D eigenvalue weighted by molar-refractivity contribution is -0.166. The first kappa shape index (κ1) is 36.7. The lowest BCUT2D eigenvalue weighted by atomic mass is 9.95. The molecular weight excluding hydrogens is 655 g/mol. The second-order valence-corrected chi connectivity index (χ2v) is 15.6. The van der Waals surface area contributed by atoms with Crippen molar-refractivity contribution in [1.82, 2.24) is 24.6 Å². The number of aromatic amines is 1. The Morgan fingerprint density at radius 2 is 1.89 bits per heavy atom. The van der Waals surface area contributed by atoms with E-state index in [0.29, 0.717) is 0 Å². The van der Waals surface area contributed by atoms with Gasteiger partial charge in [-0.25, -0.2) is 14.6 Å². The van der Waals surface area contributed by atoms with Crippen LogP contribution in [0.15, 0.2) is 41.5 Å². The molecule has 4 rings (SSSR count). The van der Waals surface area contributed by atoms with Crippen molar-refractivity contribution in [3.05, 3.63) is 52.6 Å².